The summed E-state index contributed by atoms with van der Waals surface area (Å²) in [6.07, 6.45) is 7.69. The Kier molecular flexibility index (Phi) is 7.28. The minimum absolute atomic E-state index is 0.518. The Balaban J connectivity index is 1.91. The molecule has 2 aromatic carbocycles. The molecule has 0 aliphatic carbocycles. The normalized spacial score (nSPS) is 12.2. The number of ether oxygens (including phenoxy) is 1. The molecule has 2 heteroatoms. The molecule has 0 saturated carbocycles. The molecular formula is C22H25FO. The van der Waals surface area contributed by atoms with Gasteiger partial charge in [0.05, 0.1) is 6.17 Å². The van der Waals surface area contributed by atoms with E-state index in [9.17, 15) is 4.39 Å². The molecule has 0 aromatic heterocycles. The quantitative estimate of drug-likeness (QED) is 0.380. The molecule has 1 atom stereocenters. The predicted octanol–water partition coefficient (Wildman–Crippen LogP) is 6.46. The second-order valence-corrected chi connectivity index (χ2v) is 5.86. The Bertz CT molecular complexity index is 639. The lowest BCUT2D eigenvalue weighted by molar-refractivity contribution is 0.335. The van der Waals surface area contributed by atoms with Crippen molar-refractivity contribution < 1.29 is 9.13 Å². The van der Waals surface area contributed by atoms with Crippen LogP contribution in [0.2, 0.25) is 0 Å². The van der Waals surface area contributed by atoms with Crippen molar-refractivity contribution in [1.29, 1.82) is 0 Å². The van der Waals surface area contributed by atoms with Crippen LogP contribution in [0.25, 0.3) is 17.2 Å². The zero-order chi connectivity index (χ0) is 17.2. The Labute approximate surface area is 144 Å². The summed E-state index contributed by atoms with van der Waals surface area (Å²) in [5.41, 5.74) is 3.50. The van der Waals surface area contributed by atoms with E-state index < -0.39 is 6.17 Å². The van der Waals surface area contributed by atoms with Crippen molar-refractivity contribution in [1.82, 2.24) is 0 Å². The average Bonchev–Trinajstić information content (AvgIpc) is 2.60. The third-order valence-electron chi connectivity index (χ3n) is 3.75. The van der Waals surface area contributed by atoms with Gasteiger partial charge in [-0.3, -0.25) is 0 Å². The molecule has 0 spiro atoms. The summed E-state index contributed by atoms with van der Waals surface area (Å²) in [7, 11) is 0. The van der Waals surface area contributed by atoms with E-state index in [0.717, 1.165) is 29.7 Å². The fourth-order valence-corrected chi connectivity index (χ4v) is 2.42. The van der Waals surface area contributed by atoms with Gasteiger partial charge in [-0.25, -0.2) is 4.39 Å². The molecule has 0 bridgehead atoms. The molecule has 0 saturated heterocycles. The molecule has 24 heavy (non-hydrogen) atoms. The maximum Gasteiger partial charge on any atom is 0.119 e. The molecule has 0 fully saturated rings. The Morgan fingerprint density at radius 2 is 1.67 bits per heavy atom. The molecule has 2 rings (SSSR count). The van der Waals surface area contributed by atoms with Gasteiger partial charge < -0.3 is 4.74 Å². The third-order valence-corrected chi connectivity index (χ3v) is 3.75. The summed E-state index contributed by atoms with van der Waals surface area (Å²) < 4.78 is 18.2. The summed E-state index contributed by atoms with van der Waals surface area (Å²) in [6, 6.07) is 16.5. The third kappa shape index (κ3) is 6.04. The molecule has 1 unspecified atom stereocenters. The molecule has 0 heterocycles. The van der Waals surface area contributed by atoms with Crippen LogP contribution in [-0.2, 0) is 0 Å². The van der Waals surface area contributed by atoms with Crippen LogP contribution >= 0.6 is 0 Å². The summed E-state index contributed by atoms with van der Waals surface area (Å²) >= 11 is 0. The number of benzene rings is 2. The van der Waals surface area contributed by atoms with Gasteiger partial charge in [-0.2, -0.15) is 0 Å². The highest BCUT2D eigenvalue weighted by Gasteiger charge is 1.99. The van der Waals surface area contributed by atoms with Crippen LogP contribution in [0, 0.1) is 0 Å². The summed E-state index contributed by atoms with van der Waals surface area (Å²) in [4.78, 5) is 0. The van der Waals surface area contributed by atoms with Crippen molar-refractivity contribution in [3.05, 3.63) is 72.8 Å². The molecular weight excluding hydrogens is 299 g/mol. The van der Waals surface area contributed by atoms with Gasteiger partial charge in [0.2, 0.25) is 0 Å². The maximum atomic E-state index is 12.7. The lowest BCUT2D eigenvalue weighted by atomic mass is 10.0. The van der Waals surface area contributed by atoms with E-state index in [2.05, 4.69) is 55.1 Å². The summed E-state index contributed by atoms with van der Waals surface area (Å²) in [5, 5.41) is 0. The molecule has 0 amide bonds. The molecule has 0 radical (unpaired) electrons. The smallest absolute Gasteiger partial charge is 0.119 e. The van der Waals surface area contributed by atoms with Gasteiger partial charge in [0.25, 0.3) is 0 Å². The predicted molar refractivity (Wildman–Crippen MR) is 101 cm³/mol. The van der Waals surface area contributed by atoms with Crippen LogP contribution < -0.4 is 4.74 Å². The zero-order valence-electron chi connectivity index (χ0n) is 14.2. The van der Waals surface area contributed by atoms with E-state index >= 15 is 0 Å². The number of allylic oxidation sites excluding steroid dienone is 1. The van der Waals surface area contributed by atoms with Crippen LogP contribution in [0.15, 0.2) is 67.3 Å². The number of alkyl halides is 1. The highest BCUT2D eigenvalue weighted by molar-refractivity contribution is 5.66. The first-order valence-corrected chi connectivity index (χ1v) is 8.44. The van der Waals surface area contributed by atoms with Crippen molar-refractivity contribution in [2.24, 2.45) is 0 Å². The Morgan fingerprint density at radius 1 is 1.04 bits per heavy atom. The largest absolute Gasteiger partial charge is 0.490 e. The second kappa shape index (κ2) is 9.71. The lowest BCUT2D eigenvalue weighted by Gasteiger charge is -2.06. The average molecular weight is 324 g/mol. The van der Waals surface area contributed by atoms with E-state index in [0.29, 0.717) is 13.0 Å². The number of hydrogen-bond acceptors (Lipinski definition) is 1. The van der Waals surface area contributed by atoms with Gasteiger partial charge in [-0.05, 0) is 55.0 Å². The minimum atomic E-state index is -0.703. The monoisotopic (exact) mass is 324 g/mol. The van der Waals surface area contributed by atoms with Gasteiger partial charge >= 0.3 is 0 Å². The van der Waals surface area contributed by atoms with Crippen molar-refractivity contribution in [3.63, 3.8) is 0 Å². The zero-order valence-corrected chi connectivity index (χ0v) is 14.2. The van der Waals surface area contributed by atoms with E-state index in [1.54, 1.807) is 13.0 Å². The number of unbranched alkanes of at least 4 members (excludes halogenated alkanes) is 1. The van der Waals surface area contributed by atoms with E-state index in [-0.39, 0.29) is 0 Å². The van der Waals surface area contributed by atoms with E-state index in [1.807, 2.05) is 12.1 Å². The molecule has 0 aliphatic rings. The van der Waals surface area contributed by atoms with Crippen LogP contribution in [0.1, 0.15) is 31.7 Å². The first kappa shape index (κ1) is 18.0. The van der Waals surface area contributed by atoms with Crippen LogP contribution in [-0.4, -0.2) is 12.8 Å². The highest BCUT2D eigenvalue weighted by Crippen LogP contribution is 2.23. The topological polar surface area (TPSA) is 9.23 Å². The van der Waals surface area contributed by atoms with Crippen LogP contribution in [0.5, 0.6) is 5.75 Å². The van der Waals surface area contributed by atoms with Crippen LogP contribution in [0.4, 0.5) is 4.39 Å². The van der Waals surface area contributed by atoms with Gasteiger partial charge in [-0.15, -0.1) is 0 Å². The van der Waals surface area contributed by atoms with Gasteiger partial charge in [0.1, 0.15) is 12.4 Å². The molecule has 126 valence electrons. The Hall–Kier alpha value is -2.35. The van der Waals surface area contributed by atoms with Crippen LogP contribution in [0.3, 0.4) is 0 Å². The molecule has 0 N–H and O–H groups in total. The van der Waals surface area contributed by atoms with Gasteiger partial charge in [-0.1, -0.05) is 61.2 Å². The van der Waals surface area contributed by atoms with E-state index in [4.69, 9.17) is 4.74 Å². The van der Waals surface area contributed by atoms with E-state index in [1.165, 1.54) is 5.56 Å². The van der Waals surface area contributed by atoms with Crippen molar-refractivity contribution in [2.45, 2.75) is 32.4 Å². The lowest BCUT2D eigenvalue weighted by Crippen LogP contribution is -1.92. The molecule has 1 nitrogen and oxygen atoms in total. The van der Waals surface area contributed by atoms with Crippen molar-refractivity contribution >= 4 is 6.08 Å². The summed E-state index contributed by atoms with van der Waals surface area (Å²) in [6.45, 7) is 5.77. The number of hydrogen-bond donors (Lipinski definition) is 0. The first-order chi connectivity index (χ1) is 11.7. The number of rotatable bonds is 9. The molecule has 2 aromatic rings. The molecule has 0 aliphatic heterocycles. The highest BCUT2D eigenvalue weighted by atomic mass is 19.1. The SMILES string of the molecule is C=CCOc1ccc(-c2ccc(/C=C/CCCC(C)F)cc2)cc1. The minimum Gasteiger partial charge on any atom is -0.490 e. The van der Waals surface area contributed by atoms with Gasteiger partial charge in [0.15, 0.2) is 0 Å². The maximum absolute atomic E-state index is 12.7. The fourth-order valence-electron chi connectivity index (χ4n) is 2.42. The van der Waals surface area contributed by atoms with Crippen molar-refractivity contribution in [3.8, 4) is 16.9 Å². The number of halogens is 1. The van der Waals surface area contributed by atoms with Gasteiger partial charge in [0, 0.05) is 0 Å². The standard InChI is InChI=1S/C22H25FO/c1-3-17-24-22-15-13-21(14-16-22)20-11-9-19(10-12-20)8-6-4-5-7-18(2)23/h3,6,8-16,18H,1,4-5,7,17H2,2H3/b8-6+. The fraction of sp³-hybridized carbons (Fsp3) is 0.273. The second-order valence-electron chi connectivity index (χ2n) is 5.86. The Morgan fingerprint density at radius 3 is 2.25 bits per heavy atom. The first-order valence-electron chi connectivity index (χ1n) is 8.44. The van der Waals surface area contributed by atoms with Crippen molar-refractivity contribution in [2.75, 3.05) is 6.61 Å². The summed E-state index contributed by atoms with van der Waals surface area (Å²) in [5.74, 6) is 0.848.